The molecule has 3 rings (SSSR count). The van der Waals surface area contributed by atoms with Crippen LogP contribution in [-0.4, -0.2) is 25.7 Å². The number of carboxylic acids is 1. The first-order valence-electron chi connectivity index (χ1n) is 6.41. The maximum Gasteiger partial charge on any atom is 0.352 e. The third-order valence-corrected chi connectivity index (χ3v) is 3.07. The number of fused-ring (bicyclic) bond motifs is 1. The molecule has 0 aliphatic rings. The van der Waals surface area contributed by atoms with Gasteiger partial charge in [-0.05, 0) is 36.8 Å². The molecule has 3 aromatic rings. The van der Waals surface area contributed by atoms with Gasteiger partial charge in [0.2, 0.25) is 0 Å². The van der Waals surface area contributed by atoms with E-state index >= 15 is 0 Å². The fraction of sp³-hybridized carbons (Fsp3) is 0.133. The molecule has 1 N–H and O–H groups in total. The molecule has 0 saturated heterocycles. The van der Waals surface area contributed by atoms with Gasteiger partial charge in [-0.2, -0.15) is 0 Å². The first-order valence-corrected chi connectivity index (χ1v) is 6.41. The minimum Gasteiger partial charge on any atom is -0.486 e. The lowest BCUT2D eigenvalue weighted by Gasteiger charge is -2.07. The number of nitrogens with zero attached hydrogens (tertiary/aromatic N) is 3. The summed E-state index contributed by atoms with van der Waals surface area (Å²) in [7, 11) is 0. The smallest absolute Gasteiger partial charge is 0.352 e. The van der Waals surface area contributed by atoms with Crippen molar-refractivity contribution < 1.29 is 14.6 Å². The van der Waals surface area contributed by atoms with Crippen molar-refractivity contribution in [1.29, 1.82) is 0 Å². The summed E-state index contributed by atoms with van der Waals surface area (Å²) in [5.41, 5.74) is 1.68. The number of carbonyl (C=O) groups is 1. The third-order valence-electron chi connectivity index (χ3n) is 3.07. The molecule has 2 aromatic heterocycles. The molecule has 0 aliphatic heterocycles. The van der Waals surface area contributed by atoms with Gasteiger partial charge in [0.05, 0.1) is 0 Å². The summed E-state index contributed by atoms with van der Waals surface area (Å²) < 4.78 is 7.14. The summed E-state index contributed by atoms with van der Waals surface area (Å²) in [5, 5.41) is 17.2. The van der Waals surface area contributed by atoms with Gasteiger partial charge in [-0.3, -0.25) is 4.40 Å². The van der Waals surface area contributed by atoms with E-state index in [4.69, 9.17) is 4.74 Å². The van der Waals surface area contributed by atoms with Crippen molar-refractivity contribution in [2.45, 2.75) is 13.5 Å². The third kappa shape index (κ3) is 2.55. The summed E-state index contributed by atoms with van der Waals surface area (Å²) in [5.74, 6) is 0.126. The van der Waals surface area contributed by atoms with Gasteiger partial charge in [0.1, 0.15) is 18.1 Å². The van der Waals surface area contributed by atoms with Crippen LogP contribution in [-0.2, 0) is 6.61 Å². The van der Waals surface area contributed by atoms with Crippen LogP contribution in [0.3, 0.4) is 0 Å². The van der Waals surface area contributed by atoms with Gasteiger partial charge in [0.25, 0.3) is 0 Å². The average molecular weight is 283 g/mol. The minimum absolute atomic E-state index is 0.111. The Hall–Kier alpha value is -2.89. The highest BCUT2D eigenvalue weighted by atomic mass is 16.5. The number of pyridine rings is 1. The molecule has 0 bridgehead atoms. The second kappa shape index (κ2) is 5.24. The van der Waals surface area contributed by atoms with Crippen molar-refractivity contribution >= 4 is 11.6 Å². The molecule has 106 valence electrons. The van der Waals surface area contributed by atoms with Crippen LogP contribution in [0.1, 0.15) is 21.9 Å². The van der Waals surface area contributed by atoms with Gasteiger partial charge >= 0.3 is 5.97 Å². The standard InChI is InChI=1S/C15H13N3O3/c1-10-4-2-5-11(8-10)21-9-14-17-16-13-7-3-6-12(15(19)20)18(13)14/h2-8H,9H2,1H3,(H,19,20). The summed E-state index contributed by atoms with van der Waals surface area (Å²) in [6.45, 7) is 2.12. The zero-order valence-electron chi connectivity index (χ0n) is 11.4. The molecule has 1 aromatic carbocycles. The van der Waals surface area contributed by atoms with Crippen molar-refractivity contribution in [3.8, 4) is 5.75 Å². The molecular weight excluding hydrogens is 270 g/mol. The Bertz CT molecular complexity index is 811. The molecule has 0 amide bonds. The van der Waals surface area contributed by atoms with E-state index in [1.165, 1.54) is 10.5 Å². The zero-order chi connectivity index (χ0) is 14.8. The molecule has 21 heavy (non-hydrogen) atoms. The summed E-state index contributed by atoms with van der Waals surface area (Å²) in [6, 6.07) is 12.5. The van der Waals surface area contributed by atoms with Crippen molar-refractivity contribution in [3.63, 3.8) is 0 Å². The Kier molecular flexibility index (Phi) is 3.27. The lowest BCUT2D eigenvalue weighted by molar-refractivity contribution is 0.0688. The second-order valence-corrected chi connectivity index (χ2v) is 4.63. The first kappa shape index (κ1) is 13.1. The van der Waals surface area contributed by atoms with E-state index < -0.39 is 5.97 Å². The van der Waals surface area contributed by atoms with Crippen molar-refractivity contribution in [2.75, 3.05) is 0 Å². The molecule has 6 heteroatoms. The highest BCUT2D eigenvalue weighted by Crippen LogP contribution is 2.15. The van der Waals surface area contributed by atoms with Gasteiger partial charge in [-0.15, -0.1) is 10.2 Å². The average Bonchev–Trinajstić information content (AvgIpc) is 2.88. The van der Waals surface area contributed by atoms with Crippen LogP contribution in [0.2, 0.25) is 0 Å². The largest absolute Gasteiger partial charge is 0.486 e. The van der Waals surface area contributed by atoms with E-state index in [1.54, 1.807) is 12.1 Å². The van der Waals surface area contributed by atoms with E-state index in [0.717, 1.165) is 5.56 Å². The van der Waals surface area contributed by atoms with Crippen molar-refractivity contribution in [3.05, 3.63) is 59.5 Å². The summed E-state index contributed by atoms with van der Waals surface area (Å²) >= 11 is 0. The number of ether oxygens (including phenoxy) is 1. The lowest BCUT2D eigenvalue weighted by Crippen LogP contribution is -2.09. The highest BCUT2D eigenvalue weighted by molar-refractivity contribution is 5.86. The van der Waals surface area contributed by atoms with Crippen LogP contribution in [0.15, 0.2) is 42.5 Å². The van der Waals surface area contributed by atoms with Crippen LogP contribution in [0.5, 0.6) is 5.75 Å². The van der Waals surface area contributed by atoms with Crippen LogP contribution in [0, 0.1) is 6.92 Å². The maximum atomic E-state index is 11.3. The van der Waals surface area contributed by atoms with Crippen LogP contribution in [0.25, 0.3) is 5.65 Å². The Balaban J connectivity index is 1.92. The van der Waals surface area contributed by atoms with E-state index in [0.29, 0.717) is 17.2 Å². The predicted octanol–water partition coefficient (Wildman–Crippen LogP) is 2.31. The Morgan fingerprint density at radius 2 is 2.05 bits per heavy atom. The van der Waals surface area contributed by atoms with Gasteiger partial charge in [0.15, 0.2) is 11.5 Å². The van der Waals surface area contributed by atoms with Gasteiger partial charge in [-0.25, -0.2) is 4.79 Å². The molecule has 0 saturated carbocycles. The van der Waals surface area contributed by atoms with E-state index in [9.17, 15) is 9.90 Å². The Morgan fingerprint density at radius 1 is 1.24 bits per heavy atom. The number of aryl methyl sites for hydroxylation is 1. The number of aromatic carboxylic acids is 1. The Morgan fingerprint density at radius 3 is 2.81 bits per heavy atom. The molecule has 0 fully saturated rings. The molecule has 6 nitrogen and oxygen atoms in total. The van der Waals surface area contributed by atoms with Crippen molar-refractivity contribution in [2.24, 2.45) is 0 Å². The SMILES string of the molecule is Cc1cccc(OCc2nnc3cccc(C(=O)O)n23)c1. The molecule has 0 radical (unpaired) electrons. The number of aromatic nitrogens is 3. The topological polar surface area (TPSA) is 76.7 Å². The fourth-order valence-electron chi connectivity index (χ4n) is 2.11. The molecule has 0 unspecified atom stereocenters. The Labute approximate surface area is 120 Å². The van der Waals surface area contributed by atoms with Gasteiger partial charge < -0.3 is 9.84 Å². The molecule has 2 heterocycles. The molecule has 0 atom stereocenters. The summed E-state index contributed by atoms with van der Waals surface area (Å²) in [4.78, 5) is 11.3. The second-order valence-electron chi connectivity index (χ2n) is 4.63. The van der Waals surface area contributed by atoms with Gasteiger partial charge in [0, 0.05) is 0 Å². The molecule has 0 spiro atoms. The zero-order valence-corrected chi connectivity index (χ0v) is 11.4. The van der Waals surface area contributed by atoms with Gasteiger partial charge in [-0.1, -0.05) is 18.2 Å². The monoisotopic (exact) mass is 283 g/mol. The lowest BCUT2D eigenvalue weighted by atomic mass is 10.2. The van der Waals surface area contributed by atoms with E-state index in [2.05, 4.69) is 10.2 Å². The predicted molar refractivity (Wildman–Crippen MR) is 75.5 cm³/mol. The van der Waals surface area contributed by atoms with Crippen molar-refractivity contribution in [1.82, 2.24) is 14.6 Å². The van der Waals surface area contributed by atoms with E-state index in [1.807, 2.05) is 31.2 Å². The number of hydrogen-bond acceptors (Lipinski definition) is 4. The van der Waals surface area contributed by atoms with E-state index in [-0.39, 0.29) is 12.3 Å². The maximum absolute atomic E-state index is 11.3. The van der Waals surface area contributed by atoms with Crippen LogP contribution < -0.4 is 4.74 Å². The minimum atomic E-state index is -1.03. The quantitative estimate of drug-likeness (QED) is 0.795. The van der Waals surface area contributed by atoms with Crippen LogP contribution in [0.4, 0.5) is 0 Å². The summed E-state index contributed by atoms with van der Waals surface area (Å²) in [6.07, 6.45) is 0. The first-order chi connectivity index (χ1) is 10.1. The fourth-order valence-corrected chi connectivity index (χ4v) is 2.11. The highest BCUT2D eigenvalue weighted by Gasteiger charge is 2.14. The molecular formula is C15H13N3O3. The molecule has 0 aliphatic carbocycles. The van der Waals surface area contributed by atoms with Crippen LogP contribution >= 0.6 is 0 Å². The number of carboxylic acid groups (broad SMARTS) is 1. The normalized spacial score (nSPS) is 10.7. The number of rotatable bonds is 4. The number of hydrogen-bond donors (Lipinski definition) is 1. The number of benzene rings is 1.